The highest BCUT2D eigenvalue weighted by Gasteiger charge is 2.42. The van der Waals surface area contributed by atoms with Crippen LogP contribution in [-0.4, -0.2) is 99.2 Å². The molecule has 2 aliphatic rings. The third-order valence-corrected chi connectivity index (χ3v) is 7.02. The Labute approximate surface area is 240 Å². The van der Waals surface area contributed by atoms with Crippen LogP contribution in [0.5, 0.6) is 17.2 Å². The molecule has 0 saturated carbocycles. The fraction of sp³-hybridized carbons (Fsp3) is 0.292. The Morgan fingerprint density at radius 1 is 1.14 bits per heavy atom. The maximum Gasteiger partial charge on any atom is 0.547 e. The van der Waals surface area contributed by atoms with Crippen molar-refractivity contribution < 1.29 is 57.8 Å². The number of halogens is 3. The fourth-order valence-corrected chi connectivity index (χ4v) is 4.76. The van der Waals surface area contributed by atoms with Crippen molar-refractivity contribution in [1.29, 1.82) is 0 Å². The van der Waals surface area contributed by atoms with Crippen LogP contribution in [-0.2, 0) is 20.8 Å². The standard InChI is InChI=1S/C24H22BClF2N4O10/c26-16-11(2-4-13(33)18(16)34)17(30-24(40)32-8-7-31(6-5-27)21(36)22(32)37)20(35)29-14-9-10-1-3-12(28)15(23(38)39)19(10)42-25(14)41/h1-4,14,17,33-34,41H,5-9H2,(H,29,35)(H,30,40)(H,38,39)/t14-,17?/m0/s1. The normalized spacial score (nSPS) is 17.3. The molecule has 1 fully saturated rings. The quantitative estimate of drug-likeness (QED) is 0.142. The van der Waals surface area contributed by atoms with Gasteiger partial charge in [-0.2, -0.15) is 0 Å². The molecule has 5 amide bonds. The number of fused-ring (bicyclic) bond motifs is 1. The molecule has 2 aliphatic heterocycles. The van der Waals surface area contributed by atoms with E-state index >= 15 is 0 Å². The monoisotopic (exact) mass is 610 g/mol. The summed E-state index contributed by atoms with van der Waals surface area (Å²) in [6, 6.07) is 1.07. The van der Waals surface area contributed by atoms with Gasteiger partial charge < -0.3 is 40.5 Å². The van der Waals surface area contributed by atoms with E-state index in [0.717, 1.165) is 23.1 Å². The maximum absolute atomic E-state index is 14.1. The largest absolute Gasteiger partial charge is 0.547 e. The first-order chi connectivity index (χ1) is 19.8. The number of piperazine rings is 1. The van der Waals surface area contributed by atoms with Crippen LogP contribution in [0.15, 0.2) is 24.3 Å². The van der Waals surface area contributed by atoms with E-state index in [4.69, 9.17) is 16.3 Å². The first kappa shape index (κ1) is 30.3. The van der Waals surface area contributed by atoms with E-state index in [2.05, 4.69) is 10.6 Å². The second-order valence-corrected chi connectivity index (χ2v) is 9.58. The molecule has 2 aromatic carbocycles. The predicted octanol–water partition coefficient (Wildman–Crippen LogP) is 0.119. The van der Waals surface area contributed by atoms with Crippen LogP contribution in [0.4, 0.5) is 13.6 Å². The van der Waals surface area contributed by atoms with Crippen molar-refractivity contribution in [2.75, 3.05) is 26.3 Å². The number of phenols is 2. The SMILES string of the molecule is O=C(O)c1c(F)ccc2c1OB(O)[C@@H](NC(=O)C(NC(=O)N1CCN(CCF)C(=O)C1=O)c1ccc(O)c(O)c1Cl)C2. The zero-order valence-electron chi connectivity index (χ0n) is 21.3. The summed E-state index contributed by atoms with van der Waals surface area (Å²) >= 11 is 6.13. The van der Waals surface area contributed by atoms with Crippen LogP contribution in [0, 0.1) is 5.82 Å². The van der Waals surface area contributed by atoms with Crippen molar-refractivity contribution in [3.63, 3.8) is 0 Å². The van der Waals surface area contributed by atoms with Crippen LogP contribution < -0.4 is 15.3 Å². The summed E-state index contributed by atoms with van der Waals surface area (Å²) in [6.07, 6.45) is -0.248. The Kier molecular flexibility index (Phi) is 8.72. The molecule has 0 spiro atoms. The van der Waals surface area contributed by atoms with Crippen LogP contribution >= 0.6 is 11.6 Å². The molecule has 2 aromatic rings. The van der Waals surface area contributed by atoms with E-state index in [1.54, 1.807) is 0 Å². The van der Waals surface area contributed by atoms with E-state index in [0.29, 0.717) is 4.90 Å². The van der Waals surface area contributed by atoms with Gasteiger partial charge in [0.1, 0.15) is 29.8 Å². The highest BCUT2D eigenvalue weighted by atomic mass is 35.5. The number of aromatic hydroxyl groups is 2. The topological polar surface area (TPSA) is 206 Å². The summed E-state index contributed by atoms with van der Waals surface area (Å²) in [5.41, 5.74) is -0.964. The maximum atomic E-state index is 14.1. The number of urea groups is 1. The molecule has 0 aliphatic carbocycles. The molecule has 4 rings (SSSR count). The third-order valence-electron chi connectivity index (χ3n) is 6.63. The van der Waals surface area contributed by atoms with Gasteiger partial charge in [-0.1, -0.05) is 23.7 Å². The van der Waals surface area contributed by atoms with Crippen LogP contribution in [0.3, 0.4) is 0 Å². The first-order valence-electron chi connectivity index (χ1n) is 12.2. The summed E-state index contributed by atoms with van der Waals surface area (Å²) in [5, 5.41) is 43.8. The number of amides is 5. The zero-order valence-corrected chi connectivity index (χ0v) is 22.1. The number of nitrogens with one attached hydrogen (secondary N) is 2. The number of hydrogen-bond donors (Lipinski definition) is 6. The first-order valence-corrected chi connectivity index (χ1v) is 12.6. The van der Waals surface area contributed by atoms with Crippen molar-refractivity contribution in [3.8, 4) is 17.2 Å². The Hall–Kier alpha value is -4.64. The number of nitrogens with zero attached hydrogens (tertiary/aromatic N) is 2. The number of phenolic OH excluding ortho intramolecular Hbond substituents is 2. The van der Waals surface area contributed by atoms with Gasteiger partial charge in [0.05, 0.1) is 11.0 Å². The average Bonchev–Trinajstić information content (AvgIpc) is 2.93. The second-order valence-electron chi connectivity index (χ2n) is 9.20. The Morgan fingerprint density at radius 2 is 1.86 bits per heavy atom. The molecular formula is C24H22BClF2N4O10. The minimum absolute atomic E-state index is 0.126. The van der Waals surface area contributed by atoms with Crippen LogP contribution in [0.2, 0.25) is 5.02 Å². The summed E-state index contributed by atoms with van der Waals surface area (Å²) in [5.74, 6) is -9.50. The molecule has 14 nitrogen and oxygen atoms in total. The molecule has 0 aromatic heterocycles. The number of carboxylic acid groups (broad SMARTS) is 1. The van der Waals surface area contributed by atoms with Gasteiger partial charge in [-0.15, -0.1) is 0 Å². The van der Waals surface area contributed by atoms with Crippen molar-refractivity contribution in [1.82, 2.24) is 20.4 Å². The van der Waals surface area contributed by atoms with Gasteiger partial charge in [-0.3, -0.25) is 19.3 Å². The van der Waals surface area contributed by atoms with Gasteiger partial charge in [-0.25, -0.2) is 18.4 Å². The molecule has 0 bridgehead atoms. The lowest BCUT2D eigenvalue weighted by Crippen LogP contribution is -2.60. The molecular weight excluding hydrogens is 589 g/mol. The van der Waals surface area contributed by atoms with Crippen LogP contribution in [0.1, 0.15) is 27.5 Å². The minimum Gasteiger partial charge on any atom is -0.534 e. The van der Waals surface area contributed by atoms with Gasteiger partial charge >= 0.3 is 30.9 Å². The fourth-order valence-electron chi connectivity index (χ4n) is 4.49. The molecule has 2 atom stereocenters. The Morgan fingerprint density at radius 3 is 2.52 bits per heavy atom. The number of carbonyl (C=O) groups is 5. The van der Waals surface area contributed by atoms with E-state index in [-0.39, 0.29) is 37.2 Å². The molecule has 1 unspecified atom stereocenters. The highest BCUT2D eigenvalue weighted by Crippen LogP contribution is 2.38. The molecule has 222 valence electrons. The van der Waals surface area contributed by atoms with Gasteiger partial charge in [0.15, 0.2) is 11.5 Å². The number of hydrogen-bond acceptors (Lipinski definition) is 9. The minimum atomic E-state index is -1.89. The number of imide groups is 1. The van der Waals surface area contributed by atoms with Crippen LogP contribution in [0.25, 0.3) is 0 Å². The van der Waals surface area contributed by atoms with Gasteiger partial charge in [0.2, 0.25) is 5.91 Å². The van der Waals surface area contributed by atoms with E-state index in [1.807, 2.05) is 0 Å². The Bertz CT molecular complexity index is 1480. The van der Waals surface area contributed by atoms with E-state index in [1.165, 1.54) is 6.07 Å². The summed E-state index contributed by atoms with van der Waals surface area (Å²) < 4.78 is 32.0. The second kappa shape index (κ2) is 12.1. The predicted molar refractivity (Wildman–Crippen MR) is 138 cm³/mol. The molecule has 0 radical (unpaired) electrons. The zero-order chi connectivity index (χ0) is 30.9. The number of rotatable bonds is 7. The lowest BCUT2D eigenvalue weighted by molar-refractivity contribution is -0.153. The van der Waals surface area contributed by atoms with Gasteiger partial charge in [0, 0.05) is 25.2 Å². The lowest BCUT2D eigenvalue weighted by atomic mass is 9.72. The average molecular weight is 611 g/mol. The number of carboxylic acids is 1. The number of benzene rings is 2. The lowest BCUT2D eigenvalue weighted by Gasteiger charge is -2.33. The van der Waals surface area contributed by atoms with E-state index in [9.17, 15) is 53.1 Å². The smallest absolute Gasteiger partial charge is 0.534 e. The third kappa shape index (κ3) is 5.73. The highest BCUT2D eigenvalue weighted by molar-refractivity contribution is 6.47. The number of alkyl halides is 1. The number of aromatic carboxylic acids is 1. The Balaban J connectivity index is 1.61. The van der Waals surface area contributed by atoms with Gasteiger partial charge in [0.25, 0.3) is 0 Å². The van der Waals surface area contributed by atoms with Gasteiger partial charge in [-0.05, 0) is 24.1 Å². The molecule has 18 heteroatoms. The summed E-state index contributed by atoms with van der Waals surface area (Å²) in [7, 11) is -1.89. The van der Waals surface area contributed by atoms with Crippen molar-refractivity contribution >= 4 is 48.4 Å². The van der Waals surface area contributed by atoms with E-state index < -0.39 is 89.1 Å². The number of carbonyl (C=O) groups excluding carboxylic acids is 4. The molecule has 1 saturated heterocycles. The molecule has 2 heterocycles. The molecule has 6 N–H and O–H groups in total. The summed E-state index contributed by atoms with van der Waals surface area (Å²) in [6.45, 7) is -1.79. The summed E-state index contributed by atoms with van der Waals surface area (Å²) in [4.78, 5) is 64.2. The van der Waals surface area contributed by atoms with Crippen molar-refractivity contribution in [2.45, 2.75) is 18.4 Å². The molecule has 42 heavy (non-hydrogen) atoms. The van der Waals surface area contributed by atoms with Crippen molar-refractivity contribution in [2.24, 2.45) is 0 Å². The van der Waals surface area contributed by atoms with Crippen molar-refractivity contribution in [3.05, 3.63) is 51.8 Å².